The standard InChI is InChI=1S/C23H23F3N4O2/c1-29-21(31)14-19(17-7-10-27-11-8-17)28-22(29)30-12-13-32-20(15-30)18-5-3-2-4-16(18)6-9-23(24,25)26/h2-5,7-8,10-11,14,20H,6,9,12-13,15H2,1H3. The van der Waals surface area contributed by atoms with E-state index >= 15 is 0 Å². The van der Waals surface area contributed by atoms with Gasteiger partial charge in [-0.15, -0.1) is 0 Å². The molecule has 1 unspecified atom stereocenters. The lowest BCUT2D eigenvalue weighted by atomic mass is 9.97. The molecule has 1 atom stereocenters. The van der Waals surface area contributed by atoms with Gasteiger partial charge >= 0.3 is 6.18 Å². The summed E-state index contributed by atoms with van der Waals surface area (Å²) in [5, 5.41) is 0. The second-order valence-electron chi connectivity index (χ2n) is 7.69. The lowest BCUT2D eigenvalue weighted by Gasteiger charge is -2.35. The molecule has 1 aliphatic heterocycles. The van der Waals surface area contributed by atoms with Gasteiger partial charge < -0.3 is 9.64 Å². The first kappa shape index (κ1) is 22.0. The summed E-state index contributed by atoms with van der Waals surface area (Å²) in [5.41, 5.74) is 2.47. The fraction of sp³-hybridized carbons (Fsp3) is 0.348. The first-order valence-corrected chi connectivity index (χ1v) is 10.3. The van der Waals surface area contributed by atoms with Crippen LogP contribution in [0.1, 0.15) is 23.7 Å². The van der Waals surface area contributed by atoms with Gasteiger partial charge in [-0.1, -0.05) is 24.3 Å². The van der Waals surface area contributed by atoms with Gasteiger partial charge in [0.25, 0.3) is 5.56 Å². The molecule has 4 rings (SSSR count). The van der Waals surface area contributed by atoms with Gasteiger partial charge in [-0.25, -0.2) is 4.98 Å². The fourth-order valence-electron chi connectivity index (χ4n) is 3.85. The number of halogens is 3. The van der Waals surface area contributed by atoms with Crippen LogP contribution in [0.5, 0.6) is 0 Å². The van der Waals surface area contributed by atoms with Crippen LogP contribution in [0.15, 0.2) is 59.7 Å². The Balaban J connectivity index is 1.62. The van der Waals surface area contributed by atoms with E-state index in [1.165, 1.54) is 10.6 Å². The molecule has 6 nitrogen and oxygen atoms in total. The molecule has 0 aliphatic carbocycles. The van der Waals surface area contributed by atoms with Crippen LogP contribution in [-0.2, 0) is 18.2 Å². The van der Waals surface area contributed by atoms with E-state index in [1.807, 2.05) is 4.90 Å². The first-order valence-electron chi connectivity index (χ1n) is 10.3. The van der Waals surface area contributed by atoms with Crippen LogP contribution >= 0.6 is 0 Å². The van der Waals surface area contributed by atoms with Crippen molar-refractivity contribution in [1.29, 1.82) is 0 Å². The smallest absolute Gasteiger partial charge is 0.370 e. The van der Waals surface area contributed by atoms with Crippen molar-refractivity contribution in [1.82, 2.24) is 14.5 Å². The number of hydrogen-bond donors (Lipinski definition) is 0. The molecule has 1 saturated heterocycles. The Labute approximate surface area is 183 Å². The van der Waals surface area contributed by atoms with Gasteiger partial charge in [-0.2, -0.15) is 13.2 Å². The number of ether oxygens (including phenoxy) is 1. The zero-order valence-electron chi connectivity index (χ0n) is 17.5. The van der Waals surface area contributed by atoms with Crippen LogP contribution in [0.4, 0.5) is 19.1 Å². The Kier molecular flexibility index (Phi) is 6.27. The van der Waals surface area contributed by atoms with E-state index in [1.54, 1.807) is 55.8 Å². The maximum Gasteiger partial charge on any atom is 0.389 e. The van der Waals surface area contributed by atoms with Crippen molar-refractivity contribution in [3.8, 4) is 11.3 Å². The molecule has 2 aromatic heterocycles. The number of alkyl halides is 3. The van der Waals surface area contributed by atoms with Gasteiger partial charge in [0.1, 0.15) is 6.10 Å². The monoisotopic (exact) mass is 444 g/mol. The highest BCUT2D eigenvalue weighted by molar-refractivity contribution is 5.59. The minimum Gasteiger partial charge on any atom is -0.370 e. The lowest BCUT2D eigenvalue weighted by molar-refractivity contribution is -0.134. The molecule has 168 valence electrons. The first-order chi connectivity index (χ1) is 15.3. The summed E-state index contributed by atoms with van der Waals surface area (Å²) >= 11 is 0. The maximum absolute atomic E-state index is 12.8. The van der Waals surface area contributed by atoms with E-state index in [2.05, 4.69) is 4.98 Å². The number of pyridine rings is 1. The van der Waals surface area contributed by atoms with E-state index in [0.29, 0.717) is 36.9 Å². The summed E-state index contributed by atoms with van der Waals surface area (Å²) in [5.74, 6) is 0.491. The average molecular weight is 444 g/mol. The Bertz CT molecular complexity index is 1130. The van der Waals surface area contributed by atoms with Crippen molar-refractivity contribution in [2.75, 3.05) is 24.6 Å². The van der Waals surface area contributed by atoms with Crippen LogP contribution in [0.2, 0.25) is 0 Å². The van der Waals surface area contributed by atoms with Crippen molar-refractivity contribution in [3.05, 3.63) is 76.3 Å². The second kappa shape index (κ2) is 9.12. The third kappa shape index (κ3) is 4.99. The molecule has 0 saturated carbocycles. The number of benzene rings is 1. The summed E-state index contributed by atoms with van der Waals surface area (Å²) in [6.45, 7) is 1.26. The van der Waals surface area contributed by atoms with E-state index in [0.717, 1.165) is 11.1 Å². The quantitative estimate of drug-likeness (QED) is 0.597. The van der Waals surface area contributed by atoms with Crippen LogP contribution < -0.4 is 10.5 Å². The normalized spacial score (nSPS) is 16.9. The minimum atomic E-state index is -4.22. The second-order valence-corrected chi connectivity index (χ2v) is 7.69. The average Bonchev–Trinajstić information content (AvgIpc) is 2.80. The molecule has 1 fully saturated rings. The molecule has 0 spiro atoms. The third-order valence-electron chi connectivity index (χ3n) is 5.52. The lowest BCUT2D eigenvalue weighted by Crippen LogP contribution is -2.42. The number of morpholine rings is 1. The molecule has 3 heterocycles. The minimum absolute atomic E-state index is 0.103. The van der Waals surface area contributed by atoms with E-state index in [9.17, 15) is 18.0 Å². The fourth-order valence-corrected chi connectivity index (χ4v) is 3.85. The van der Waals surface area contributed by atoms with Gasteiger partial charge in [0.15, 0.2) is 0 Å². The zero-order chi connectivity index (χ0) is 22.7. The molecule has 0 N–H and O–H groups in total. The van der Waals surface area contributed by atoms with Crippen molar-refractivity contribution >= 4 is 5.95 Å². The number of rotatable bonds is 5. The summed E-state index contributed by atoms with van der Waals surface area (Å²) in [6.07, 6.45) is -2.36. The number of anilines is 1. The molecule has 32 heavy (non-hydrogen) atoms. The Morgan fingerprint density at radius 1 is 1.16 bits per heavy atom. The zero-order valence-corrected chi connectivity index (χ0v) is 17.5. The van der Waals surface area contributed by atoms with Gasteiger partial charge in [0.05, 0.1) is 18.8 Å². The molecule has 0 radical (unpaired) electrons. The van der Waals surface area contributed by atoms with Crippen molar-refractivity contribution in [3.63, 3.8) is 0 Å². The number of nitrogens with zero attached hydrogens (tertiary/aromatic N) is 4. The summed E-state index contributed by atoms with van der Waals surface area (Å²) < 4.78 is 45.7. The van der Waals surface area contributed by atoms with Gasteiger partial charge in [0.2, 0.25) is 5.95 Å². The Hall–Kier alpha value is -3.20. The predicted molar refractivity (Wildman–Crippen MR) is 114 cm³/mol. The molecule has 3 aromatic rings. The highest BCUT2D eigenvalue weighted by Gasteiger charge is 2.30. The van der Waals surface area contributed by atoms with Crippen molar-refractivity contribution < 1.29 is 17.9 Å². The van der Waals surface area contributed by atoms with Crippen LogP contribution in [0, 0.1) is 0 Å². The molecule has 0 amide bonds. The summed E-state index contributed by atoms with van der Waals surface area (Å²) in [4.78, 5) is 23.2. The predicted octanol–water partition coefficient (Wildman–Crippen LogP) is 3.92. The number of hydrogen-bond acceptors (Lipinski definition) is 5. The van der Waals surface area contributed by atoms with E-state index in [-0.39, 0.29) is 12.0 Å². The number of aryl methyl sites for hydroxylation is 1. The van der Waals surface area contributed by atoms with Gasteiger partial charge in [0, 0.05) is 44.0 Å². The molecule has 1 aliphatic rings. The Morgan fingerprint density at radius 3 is 2.66 bits per heavy atom. The molecule has 9 heteroatoms. The van der Waals surface area contributed by atoms with Gasteiger partial charge in [-0.3, -0.25) is 14.3 Å². The summed E-state index contributed by atoms with van der Waals surface area (Å²) in [6, 6.07) is 12.1. The van der Waals surface area contributed by atoms with Crippen molar-refractivity contribution in [2.24, 2.45) is 7.05 Å². The summed E-state index contributed by atoms with van der Waals surface area (Å²) in [7, 11) is 1.66. The van der Waals surface area contributed by atoms with E-state index < -0.39 is 18.7 Å². The van der Waals surface area contributed by atoms with Crippen molar-refractivity contribution in [2.45, 2.75) is 25.1 Å². The van der Waals surface area contributed by atoms with Crippen LogP contribution in [0.25, 0.3) is 11.3 Å². The third-order valence-corrected chi connectivity index (χ3v) is 5.52. The number of aromatic nitrogens is 3. The van der Waals surface area contributed by atoms with E-state index in [4.69, 9.17) is 9.72 Å². The largest absolute Gasteiger partial charge is 0.389 e. The van der Waals surface area contributed by atoms with Crippen LogP contribution in [-0.4, -0.2) is 40.4 Å². The Morgan fingerprint density at radius 2 is 1.91 bits per heavy atom. The van der Waals surface area contributed by atoms with Gasteiger partial charge in [-0.05, 0) is 29.7 Å². The highest BCUT2D eigenvalue weighted by atomic mass is 19.4. The topological polar surface area (TPSA) is 60.2 Å². The molecule has 1 aromatic carbocycles. The highest BCUT2D eigenvalue weighted by Crippen LogP contribution is 2.30. The van der Waals surface area contributed by atoms with Crippen LogP contribution in [0.3, 0.4) is 0 Å². The maximum atomic E-state index is 12.8. The SMILES string of the molecule is Cn1c(N2CCOC(c3ccccc3CCC(F)(F)F)C2)nc(-c2ccncc2)cc1=O. The molecule has 0 bridgehead atoms. The molecular weight excluding hydrogens is 421 g/mol. The molecular formula is C23H23F3N4O2.